The Balaban J connectivity index is 1.64. The molecule has 0 unspecified atom stereocenters. The number of amides is 1. The molecule has 1 N–H and O–H groups in total. The van der Waals surface area contributed by atoms with Crippen LogP contribution < -0.4 is 14.8 Å². The highest BCUT2D eigenvalue weighted by Gasteiger charge is 2.20. The van der Waals surface area contributed by atoms with Gasteiger partial charge in [0.2, 0.25) is 5.91 Å². The molecule has 0 fully saturated rings. The number of rotatable bonds is 9. The van der Waals surface area contributed by atoms with Crippen molar-refractivity contribution < 1.29 is 23.8 Å². The molecule has 0 aliphatic carbocycles. The highest BCUT2D eigenvalue weighted by atomic mass is 16.5. The van der Waals surface area contributed by atoms with Gasteiger partial charge in [-0.05, 0) is 55.0 Å². The first kappa shape index (κ1) is 24.5. The molecule has 1 amide bonds. The van der Waals surface area contributed by atoms with Gasteiger partial charge >= 0.3 is 5.97 Å². The summed E-state index contributed by atoms with van der Waals surface area (Å²) < 4.78 is 17.5. The number of hydrogen-bond donors (Lipinski definition) is 1. The van der Waals surface area contributed by atoms with E-state index in [0.717, 1.165) is 16.9 Å². The highest BCUT2D eigenvalue weighted by Crippen LogP contribution is 2.30. The molecule has 184 valence electrons. The number of carbonyl (C=O) groups is 2. The van der Waals surface area contributed by atoms with Gasteiger partial charge in [-0.1, -0.05) is 36.4 Å². The molecule has 8 nitrogen and oxygen atoms in total. The minimum Gasteiger partial charge on any atom is -0.497 e. The standard InChI is InChI=1S/C28H27N3O5/c1-4-36-28(33)23-18-25(31(30-23)24-10-5-6-11-26(24)35-3)20-8-7-9-21(17-20)29-27(32)16-19-12-14-22(34-2)15-13-19/h5-15,17-18H,4,16H2,1-3H3,(H,29,32). The van der Waals surface area contributed by atoms with E-state index in [1.54, 1.807) is 31.9 Å². The van der Waals surface area contributed by atoms with Gasteiger partial charge in [-0.3, -0.25) is 4.79 Å². The summed E-state index contributed by atoms with van der Waals surface area (Å²) in [5.41, 5.74) is 3.74. The van der Waals surface area contributed by atoms with Crippen LogP contribution in [0.25, 0.3) is 16.9 Å². The lowest BCUT2D eigenvalue weighted by atomic mass is 10.1. The zero-order valence-corrected chi connectivity index (χ0v) is 20.4. The number of aromatic nitrogens is 2. The summed E-state index contributed by atoms with van der Waals surface area (Å²) >= 11 is 0. The summed E-state index contributed by atoms with van der Waals surface area (Å²) in [7, 11) is 3.18. The number of benzene rings is 3. The van der Waals surface area contributed by atoms with E-state index in [1.807, 2.05) is 72.8 Å². The second-order valence-electron chi connectivity index (χ2n) is 7.87. The van der Waals surface area contributed by atoms with Crippen LogP contribution in [0.5, 0.6) is 11.5 Å². The fourth-order valence-corrected chi connectivity index (χ4v) is 3.77. The zero-order valence-electron chi connectivity index (χ0n) is 20.4. The Labute approximate surface area is 209 Å². The zero-order chi connectivity index (χ0) is 25.5. The van der Waals surface area contributed by atoms with E-state index in [2.05, 4.69) is 10.4 Å². The molecule has 36 heavy (non-hydrogen) atoms. The highest BCUT2D eigenvalue weighted by molar-refractivity contribution is 5.93. The van der Waals surface area contributed by atoms with E-state index in [9.17, 15) is 9.59 Å². The van der Waals surface area contributed by atoms with Gasteiger partial charge in [0.15, 0.2) is 5.69 Å². The van der Waals surface area contributed by atoms with Gasteiger partial charge in [0, 0.05) is 11.3 Å². The Morgan fingerprint density at radius 1 is 0.917 bits per heavy atom. The average Bonchev–Trinajstić information content (AvgIpc) is 3.35. The summed E-state index contributed by atoms with van der Waals surface area (Å²) in [4.78, 5) is 25.1. The van der Waals surface area contributed by atoms with E-state index in [0.29, 0.717) is 22.8 Å². The van der Waals surface area contributed by atoms with Crippen molar-refractivity contribution in [2.75, 3.05) is 26.1 Å². The van der Waals surface area contributed by atoms with E-state index >= 15 is 0 Å². The van der Waals surface area contributed by atoms with Crippen molar-refractivity contribution in [2.45, 2.75) is 13.3 Å². The summed E-state index contributed by atoms with van der Waals surface area (Å²) in [5.74, 6) is 0.668. The van der Waals surface area contributed by atoms with Crippen LogP contribution in [0.15, 0.2) is 78.9 Å². The summed E-state index contributed by atoms with van der Waals surface area (Å²) in [5, 5.41) is 7.45. The van der Waals surface area contributed by atoms with Crippen LogP contribution in [0.4, 0.5) is 5.69 Å². The van der Waals surface area contributed by atoms with Crippen molar-refractivity contribution >= 4 is 17.6 Å². The quantitative estimate of drug-likeness (QED) is 0.339. The van der Waals surface area contributed by atoms with Gasteiger partial charge in [0.05, 0.1) is 32.9 Å². The lowest BCUT2D eigenvalue weighted by Crippen LogP contribution is -2.14. The van der Waals surface area contributed by atoms with Gasteiger partial charge < -0.3 is 19.5 Å². The van der Waals surface area contributed by atoms with E-state index in [1.165, 1.54) is 0 Å². The topological polar surface area (TPSA) is 91.7 Å². The third-order valence-corrected chi connectivity index (χ3v) is 5.47. The molecule has 0 aliphatic rings. The first-order valence-corrected chi connectivity index (χ1v) is 11.5. The number of carbonyl (C=O) groups excluding carboxylic acids is 2. The normalized spacial score (nSPS) is 10.5. The Bertz CT molecular complexity index is 1360. The molecule has 0 saturated heterocycles. The monoisotopic (exact) mass is 485 g/mol. The van der Waals surface area contributed by atoms with Crippen molar-refractivity contribution in [1.29, 1.82) is 0 Å². The second kappa shape index (κ2) is 11.2. The molecule has 0 bridgehead atoms. The van der Waals surface area contributed by atoms with Gasteiger partial charge in [-0.25, -0.2) is 9.48 Å². The molecular formula is C28H27N3O5. The van der Waals surface area contributed by atoms with E-state index < -0.39 is 5.97 Å². The number of esters is 1. The number of nitrogens with one attached hydrogen (secondary N) is 1. The summed E-state index contributed by atoms with van der Waals surface area (Å²) in [6.07, 6.45) is 0.223. The molecule has 0 aliphatic heterocycles. The van der Waals surface area contributed by atoms with Crippen LogP contribution in [0.1, 0.15) is 23.0 Å². The van der Waals surface area contributed by atoms with Crippen LogP contribution >= 0.6 is 0 Å². The van der Waals surface area contributed by atoms with Gasteiger partial charge in [-0.15, -0.1) is 0 Å². The number of ether oxygens (including phenoxy) is 3. The molecule has 3 aromatic carbocycles. The van der Waals surface area contributed by atoms with Gasteiger partial charge in [0.25, 0.3) is 0 Å². The molecule has 0 atom stereocenters. The number of anilines is 1. The maximum absolute atomic E-state index is 12.7. The minimum absolute atomic E-state index is 0.150. The van der Waals surface area contributed by atoms with Gasteiger partial charge in [0.1, 0.15) is 17.2 Å². The Morgan fingerprint density at radius 3 is 2.42 bits per heavy atom. The second-order valence-corrected chi connectivity index (χ2v) is 7.87. The lowest BCUT2D eigenvalue weighted by Gasteiger charge is -2.12. The third kappa shape index (κ3) is 5.55. The number of methoxy groups -OCH3 is 2. The van der Waals surface area contributed by atoms with Crippen LogP contribution in [0, 0.1) is 0 Å². The molecule has 0 saturated carbocycles. The summed E-state index contributed by atoms with van der Waals surface area (Å²) in [6, 6.07) is 23.8. The molecule has 1 heterocycles. The van der Waals surface area contributed by atoms with Crippen LogP contribution in [0.2, 0.25) is 0 Å². The van der Waals surface area contributed by atoms with Crippen molar-refractivity contribution in [1.82, 2.24) is 9.78 Å². The molecule has 8 heteroatoms. The predicted molar refractivity (Wildman–Crippen MR) is 137 cm³/mol. The fourth-order valence-electron chi connectivity index (χ4n) is 3.77. The lowest BCUT2D eigenvalue weighted by molar-refractivity contribution is -0.115. The predicted octanol–water partition coefficient (Wildman–Crippen LogP) is 4.91. The van der Waals surface area contributed by atoms with Crippen molar-refractivity contribution in [2.24, 2.45) is 0 Å². The van der Waals surface area contributed by atoms with Crippen LogP contribution in [-0.4, -0.2) is 42.5 Å². The van der Waals surface area contributed by atoms with Crippen molar-refractivity contribution in [3.05, 3.63) is 90.1 Å². The van der Waals surface area contributed by atoms with E-state index in [4.69, 9.17) is 14.2 Å². The van der Waals surface area contributed by atoms with Crippen LogP contribution in [0.3, 0.4) is 0 Å². The molecule has 0 radical (unpaired) electrons. The fraction of sp³-hybridized carbons (Fsp3) is 0.179. The Hall–Kier alpha value is -4.59. The molecule has 4 aromatic rings. The van der Waals surface area contributed by atoms with Crippen LogP contribution in [-0.2, 0) is 16.0 Å². The Morgan fingerprint density at radius 2 is 1.69 bits per heavy atom. The van der Waals surface area contributed by atoms with Crippen molar-refractivity contribution in [3.63, 3.8) is 0 Å². The number of para-hydroxylation sites is 2. The molecule has 1 aromatic heterocycles. The maximum atomic E-state index is 12.7. The number of hydrogen-bond acceptors (Lipinski definition) is 6. The third-order valence-electron chi connectivity index (χ3n) is 5.47. The smallest absolute Gasteiger partial charge is 0.358 e. The van der Waals surface area contributed by atoms with Crippen molar-refractivity contribution in [3.8, 4) is 28.4 Å². The number of nitrogens with zero attached hydrogens (tertiary/aromatic N) is 2. The van der Waals surface area contributed by atoms with E-state index in [-0.39, 0.29) is 24.6 Å². The first-order chi connectivity index (χ1) is 17.5. The maximum Gasteiger partial charge on any atom is 0.358 e. The average molecular weight is 486 g/mol. The molecule has 0 spiro atoms. The minimum atomic E-state index is -0.517. The van der Waals surface area contributed by atoms with Gasteiger partial charge in [-0.2, -0.15) is 5.10 Å². The largest absolute Gasteiger partial charge is 0.497 e. The SMILES string of the molecule is CCOC(=O)c1cc(-c2cccc(NC(=O)Cc3ccc(OC)cc3)c2)n(-c2ccccc2OC)n1. The Kier molecular flexibility index (Phi) is 7.65. The molecular weight excluding hydrogens is 458 g/mol. The first-order valence-electron chi connectivity index (χ1n) is 11.5. The summed E-state index contributed by atoms with van der Waals surface area (Å²) in [6.45, 7) is 1.99. The molecule has 4 rings (SSSR count).